The first-order valence-electron chi connectivity index (χ1n) is 12.2. The zero-order valence-electron chi connectivity index (χ0n) is 20.7. The average molecular weight is 461 g/mol. The first kappa shape index (κ1) is 24.1. The molecule has 2 heterocycles. The molecule has 0 bridgehead atoms. The number of hydrogen-bond acceptors (Lipinski definition) is 4. The second-order valence-electron chi connectivity index (χ2n) is 9.67. The fourth-order valence-electron chi connectivity index (χ4n) is 5.07. The standard InChI is InChI=1S/C29H36N2O3/c1-21(2)29(32)31(16-23-10-6-5-7-11-23)18-24-17-30(19-25-15-14-22(3)34-25)20-27(24)26-12-8-9-13-28(26)33-4/h5-15,21,24,27H,16-20H2,1-4H3/t24-,27-/m1/s1. The van der Waals surface area contributed by atoms with Crippen LogP contribution < -0.4 is 4.74 Å². The smallest absolute Gasteiger partial charge is 0.225 e. The molecule has 0 unspecified atom stereocenters. The molecule has 1 aromatic heterocycles. The summed E-state index contributed by atoms with van der Waals surface area (Å²) in [5, 5.41) is 0. The number of furan rings is 1. The Morgan fingerprint density at radius 2 is 1.79 bits per heavy atom. The maximum Gasteiger partial charge on any atom is 0.225 e. The maximum absolute atomic E-state index is 13.2. The van der Waals surface area contributed by atoms with Gasteiger partial charge in [0.05, 0.1) is 13.7 Å². The lowest BCUT2D eigenvalue weighted by atomic mass is 9.87. The number of likely N-dealkylation sites (tertiary alicyclic amines) is 1. The molecule has 1 amide bonds. The molecular formula is C29H36N2O3. The monoisotopic (exact) mass is 460 g/mol. The summed E-state index contributed by atoms with van der Waals surface area (Å²) < 4.78 is 11.6. The fraction of sp³-hybridized carbons (Fsp3) is 0.414. The summed E-state index contributed by atoms with van der Waals surface area (Å²) in [7, 11) is 1.73. The number of hydrogen-bond donors (Lipinski definition) is 0. The van der Waals surface area contributed by atoms with Gasteiger partial charge in [-0.05, 0) is 42.2 Å². The Morgan fingerprint density at radius 1 is 1.06 bits per heavy atom. The lowest BCUT2D eigenvalue weighted by Crippen LogP contribution is -2.39. The van der Waals surface area contributed by atoms with E-state index in [1.807, 2.05) is 62.1 Å². The number of ether oxygens (including phenoxy) is 1. The van der Waals surface area contributed by atoms with Crippen molar-refractivity contribution in [1.82, 2.24) is 9.80 Å². The third-order valence-electron chi connectivity index (χ3n) is 6.71. The number of methoxy groups -OCH3 is 1. The van der Waals surface area contributed by atoms with Crippen LogP contribution in [0, 0.1) is 18.8 Å². The van der Waals surface area contributed by atoms with Gasteiger partial charge in [0.15, 0.2) is 0 Å². The zero-order chi connectivity index (χ0) is 24.1. The van der Waals surface area contributed by atoms with E-state index in [9.17, 15) is 4.79 Å². The lowest BCUT2D eigenvalue weighted by Gasteiger charge is -2.30. The van der Waals surface area contributed by atoms with Gasteiger partial charge in [0.2, 0.25) is 5.91 Å². The molecule has 2 atom stereocenters. The Morgan fingerprint density at radius 3 is 2.47 bits per heavy atom. The molecule has 2 aromatic carbocycles. The molecule has 180 valence electrons. The van der Waals surface area contributed by atoms with Crippen LogP contribution in [0.5, 0.6) is 5.75 Å². The van der Waals surface area contributed by atoms with Crippen molar-refractivity contribution in [3.63, 3.8) is 0 Å². The molecule has 1 saturated heterocycles. The van der Waals surface area contributed by atoms with Crippen LogP contribution in [-0.2, 0) is 17.9 Å². The molecule has 0 radical (unpaired) electrons. The van der Waals surface area contributed by atoms with Crippen molar-refractivity contribution in [1.29, 1.82) is 0 Å². The van der Waals surface area contributed by atoms with E-state index >= 15 is 0 Å². The second kappa shape index (κ2) is 10.9. The van der Waals surface area contributed by atoms with Crippen molar-refractivity contribution in [3.05, 3.63) is 89.4 Å². The minimum atomic E-state index is -0.0444. The molecule has 5 nitrogen and oxygen atoms in total. The molecule has 5 heteroatoms. The van der Waals surface area contributed by atoms with E-state index in [2.05, 4.69) is 35.2 Å². The summed E-state index contributed by atoms with van der Waals surface area (Å²) in [4.78, 5) is 17.7. The molecule has 4 rings (SSSR count). The number of benzene rings is 2. The van der Waals surface area contributed by atoms with Crippen molar-refractivity contribution >= 4 is 5.91 Å². The van der Waals surface area contributed by atoms with E-state index in [1.54, 1.807) is 7.11 Å². The van der Waals surface area contributed by atoms with Crippen LogP contribution in [0.4, 0.5) is 0 Å². The number of para-hydroxylation sites is 1. The van der Waals surface area contributed by atoms with Gasteiger partial charge >= 0.3 is 0 Å². The molecule has 0 N–H and O–H groups in total. The summed E-state index contributed by atoms with van der Waals surface area (Å²) in [6.45, 7) is 9.86. The van der Waals surface area contributed by atoms with Crippen LogP contribution in [0.25, 0.3) is 0 Å². The zero-order valence-corrected chi connectivity index (χ0v) is 20.7. The molecule has 1 fully saturated rings. The van der Waals surface area contributed by atoms with Crippen molar-refractivity contribution in [2.24, 2.45) is 11.8 Å². The third kappa shape index (κ3) is 5.71. The van der Waals surface area contributed by atoms with Gasteiger partial charge in [-0.25, -0.2) is 0 Å². The van der Waals surface area contributed by atoms with Gasteiger partial charge < -0.3 is 14.1 Å². The first-order valence-corrected chi connectivity index (χ1v) is 12.2. The van der Waals surface area contributed by atoms with Gasteiger partial charge in [-0.3, -0.25) is 9.69 Å². The van der Waals surface area contributed by atoms with Gasteiger partial charge in [0.1, 0.15) is 17.3 Å². The highest BCUT2D eigenvalue weighted by molar-refractivity contribution is 5.78. The first-order chi connectivity index (χ1) is 16.4. The predicted molar refractivity (Wildman–Crippen MR) is 135 cm³/mol. The average Bonchev–Trinajstić information content (AvgIpc) is 3.44. The highest BCUT2D eigenvalue weighted by Crippen LogP contribution is 2.38. The number of aryl methyl sites for hydroxylation is 1. The molecule has 3 aromatic rings. The Bertz CT molecular complexity index is 1080. The quantitative estimate of drug-likeness (QED) is 0.423. The highest BCUT2D eigenvalue weighted by Gasteiger charge is 2.37. The number of carbonyl (C=O) groups excluding carboxylic acids is 1. The summed E-state index contributed by atoms with van der Waals surface area (Å²) in [5.74, 6) is 3.54. The SMILES string of the molecule is COc1ccccc1[C@@H]1CN(Cc2ccc(C)o2)C[C@@H]1CN(Cc1ccccc1)C(=O)C(C)C. The van der Waals surface area contributed by atoms with Crippen molar-refractivity contribution < 1.29 is 13.9 Å². The topological polar surface area (TPSA) is 45.9 Å². The molecule has 0 saturated carbocycles. The van der Waals surface area contributed by atoms with Crippen LogP contribution in [0.15, 0.2) is 71.1 Å². The Kier molecular flexibility index (Phi) is 7.73. The van der Waals surface area contributed by atoms with E-state index in [-0.39, 0.29) is 17.7 Å². The molecule has 1 aliphatic rings. The van der Waals surface area contributed by atoms with Crippen LogP contribution in [0.2, 0.25) is 0 Å². The summed E-state index contributed by atoms with van der Waals surface area (Å²) in [5.41, 5.74) is 2.37. The van der Waals surface area contributed by atoms with E-state index in [0.29, 0.717) is 19.0 Å². The Labute approximate surface area is 203 Å². The van der Waals surface area contributed by atoms with Crippen LogP contribution >= 0.6 is 0 Å². The minimum Gasteiger partial charge on any atom is -0.496 e. The lowest BCUT2D eigenvalue weighted by molar-refractivity contribution is -0.135. The largest absolute Gasteiger partial charge is 0.496 e. The van der Waals surface area contributed by atoms with E-state index in [1.165, 1.54) is 5.56 Å². The van der Waals surface area contributed by atoms with Gasteiger partial charge in [-0.1, -0.05) is 62.4 Å². The van der Waals surface area contributed by atoms with Crippen LogP contribution in [-0.4, -0.2) is 42.5 Å². The number of carbonyl (C=O) groups is 1. The van der Waals surface area contributed by atoms with Crippen molar-refractivity contribution in [3.8, 4) is 5.75 Å². The summed E-state index contributed by atoms with van der Waals surface area (Å²) in [6, 6.07) is 22.6. The van der Waals surface area contributed by atoms with E-state index < -0.39 is 0 Å². The van der Waals surface area contributed by atoms with Gasteiger partial charge in [-0.15, -0.1) is 0 Å². The van der Waals surface area contributed by atoms with Crippen molar-refractivity contribution in [2.75, 3.05) is 26.7 Å². The highest BCUT2D eigenvalue weighted by atomic mass is 16.5. The van der Waals surface area contributed by atoms with Gasteiger partial charge in [0.25, 0.3) is 0 Å². The van der Waals surface area contributed by atoms with Gasteiger partial charge in [-0.2, -0.15) is 0 Å². The normalized spacial score (nSPS) is 18.4. The Balaban J connectivity index is 1.60. The van der Waals surface area contributed by atoms with E-state index in [0.717, 1.165) is 42.5 Å². The minimum absolute atomic E-state index is 0.0444. The number of nitrogens with zero attached hydrogens (tertiary/aromatic N) is 2. The Hall–Kier alpha value is -3.05. The van der Waals surface area contributed by atoms with E-state index in [4.69, 9.17) is 9.15 Å². The predicted octanol–water partition coefficient (Wildman–Crippen LogP) is 5.50. The molecule has 0 spiro atoms. The molecule has 1 aliphatic heterocycles. The summed E-state index contributed by atoms with van der Waals surface area (Å²) >= 11 is 0. The molecule has 34 heavy (non-hydrogen) atoms. The number of amides is 1. The molecule has 0 aliphatic carbocycles. The fourth-order valence-corrected chi connectivity index (χ4v) is 5.07. The van der Waals surface area contributed by atoms with Crippen LogP contribution in [0.3, 0.4) is 0 Å². The second-order valence-corrected chi connectivity index (χ2v) is 9.67. The van der Waals surface area contributed by atoms with Crippen molar-refractivity contribution in [2.45, 2.75) is 39.8 Å². The third-order valence-corrected chi connectivity index (χ3v) is 6.71. The number of rotatable bonds is 9. The van der Waals surface area contributed by atoms with Gasteiger partial charge in [0, 0.05) is 38.0 Å². The summed E-state index contributed by atoms with van der Waals surface area (Å²) in [6.07, 6.45) is 0. The molecular weight excluding hydrogens is 424 g/mol. The van der Waals surface area contributed by atoms with Crippen LogP contribution in [0.1, 0.15) is 42.4 Å². The maximum atomic E-state index is 13.2.